The van der Waals surface area contributed by atoms with Crippen molar-refractivity contribution in [3.63, 3.8) is 0 Å². The molecule has 0 aromatic heterocycles. The average Bonchev–Trinajstić information content (AvgIpc) is 2.16. The number of aliphatic hydroxyl groups is 2. The third-order valence-corrected chi connectivity index (χ3v) is 2.32. The fourth-order valence-electron chi connectivity index (χ4n) is 0.831. The lowest BCUT2D eigenvalue weighted by atomic mass is 10.3. The van der Waals surface area contributed by atoms with E-state index in [1.807, 2.05) is 0 Å². The summed E-state index contributed by atoms with van der Waals surface area (Å²) in [5.41, 5.74) is 0. The van der Waals surface area contributed by atoms with Gasteiger partial charge in [0, 0.05) is 4.47 Å². The molecule has 14 heavy (non-hydrogen) atoms. The third-order valence-electron chi connectivity index (χ3n) is 1.54. The Morgan fingerprint density at radius 1 is 1.50 bits per heavy atom. The zero-order valence-electron chi connectivity index (χ0n) is 7.28. The molecule has 0 aliphatic carbocycles. The molecule has 78 valence electrons. The van der Waals surface area contributed by atoms with Gasteiger partial charge in [-0.25, -0.2) is 0 Å². The zero-order valence-corrected chi connectivity index (χ0v) is 9.62. The van der Waals surface area contributed by atoms with Crippen molar-refractivity contribution in [3.05, 3.63) is 27.7 Å². The van der Waals surface area contributed by atoms with Crippen LogP contribution in [0.2, 0.25) is 5.02 Å². The molecule has 0 radical (unpaired) electrons. The summed E-state index contributed by atoms with van der Waals surface area (Å²) >= 11 is 9.12. The second-order valence-corrected chi connectivity index (χ2v) is 4.05. The number of halogens is 2. The van der Waals surface area contributed by atoms with Crippen LogP contribution in [-0.4, -0.2) is 29.5 Å². The van der Waals surface area contributed by atoms with Gasteiger partial charge >= 0.3 is 0 Å². The monoisotopic (exact) mass is 280 g/mol. The van der Waals surface area contributed by atoms with Crippen molar-refractivity contribution in [2.24, 2.45) is 0 Å². The number of benzene rings is 1. The molecule has 1 aromatic carbocycles. The summed E-state index contributed by atoms with van der Waals surface area (Å²) in [5, 5.41) is 18.1. The first kappa shape index (κ1) is 11.8. The summed E-state index contributed by atoms with van der Waals surface area (Å²) in [6.45, 7) is -0.300. The van der Waals surface area contributed by atoms with Gasteiger partial charge in [-0.2, -0.15) is 0 Å². The van der Waals surface area contributed by atoms with Crippen LogP contribution in [0.5, 0.6) is 5.75 Å². The number of ether oxygens (including phenoxy) is 1. The number of aliphatic hydroxyl groups excluding tert-OH is 2. The van der Waals surface area contributed by atoms with Gasteiger partial charge in [-0.1, -0.05) is 27.5 Å². The Hall–Kier alpha value is -0.290. The Labute approximate surface area is 95.4 Å². The van der Waals surface area contributed by atoms with Gasteiger partial charge in [-0.15, -0.1) is 0 Å². The van der Waals surface area contributed by atoms with Crippen LogP contribution < -0.4 is 4.74 Å². The highest BCUT2D eigenvalue weighted by Crippen LogP contribution is 2.27. The van der Waals surface area contributed by atoms with Crippen molar-refractivity contribution < 1.29 is 14.9 Å². The van der Waals surface area contributed by atoms with Crippen molar-refractivity contribution in [2.45, 2.75) is 6.10 Å². The largest absolute Gasteiger partial charge is 0.489 e. The molecule has 1 aromatic rings. The Bertz CT molecular complexity index is 306. The van der Waals surface area contributed by atoms with Crippen LogP contribution in [0.3, 0.4) is 0 Å². The molecule has 2 N–H and O–H groups in total. The fourth-order valence-corrected chi connectivity index (χ4v) is 1.56. The van der Waals surface area contributed by atoms with Crippen LogP contribution in [0, 0.1) is 0 Å². The fraction of sp³-hybridized carbons (Fsp3) is 0.333. The maximum atomic E-state index is 9.04. The van der Waals surface area contributed by atoms with Crippen LogP contribution in [0.25, 0.3) is 0 Å². The molecular formula is C9H10BrClO3. The molecule has 0 amide bonds. The van der Waals surface area contributed by atoms with E-state index in [9.17, 15) is 0 Å². The minimum atomic E-state index is -0.880. The molecule has 0 aliphatic heterocycles. The summed E-state index contributed by atoms with van der Waals surface area (Å²) in [6.07, 6.45) is -0.880. The average molecular weight is 282 g/mol. The minimum Gasteiger partial charge on any atom is -0.489 e. The Morgan fingerprint density at radius 2 is 2.21 bits per heavy atom. The maximum absolute atomic E-state index is 9.04. The van der Waals surface area contributed by atoms with Crippen LogP contribution >= 0.6 is 27.5 Å². The van der Waals surface area contributed by atoms with Crippen LogP contribution in [0.1, 0.15) is 0 Å². The van der Waals surface area contributed by atoms with E-state index in [0.29, 0.717) is 10.8 Å². The Kier molecular flexibility index (Phi) is 4.68. The molecular weight excluding hydrogens is 271 g/mol. The second kappa shape index (κ2) is 5.56. The van der Waals surface area contributed by atoms with E-state index in [1.165, 1.54) is 0 Å². The predicted molar refractivity (Wildman–Crippen MR) is 57.7 cm³/mol. The predicted octanol–water partition coefficient (Wildman–Crippen LogP) is 1.83. The van der Waals surface area contributed by atoms with E-state index < -0.39 is 6.10 Å². The van der Waals surface area contributed by atoms with Gasteiger partial charge in [0.05, 0.1) is 11.6 Å². The van der Waals surface area contributed by atoms with Crippen LogP contribution in [0.4, 0.5) is 0 Å². The lowest BCUT2D eigenvalue weighted by molar-refractivity contribution is 0.0536. The highest BCUT2D eigenvalue weighted by Gasteiger charge is 2.06. The second-order valence-electron chi connectivity index (χ2n) is 2.72. The molecule has 0 bridgehead atoms. The molecule has 0 heterocycles. The van der Waals surface area contributed by atoms with Crippen LogP contribution in [-0.2, 0) is 0 Å². The number of hydrogen-bond donors (Lipinski definition) is 2. The van der Waals surface area contributed by atoms with Gasteiger partial charge in [0.15, 0.2) is 0 Å². The molecule has 0 spiro atoms. The van der Waals surface area contributed by atoms with E-state index >= 15 is 0 Å². The summed E-state index contributed by atoms with van der Waals surface area (Å²) < 4.78 is 6.04. The van der Waals surface area contributed by atoms with E-state index in [2.05, 4.69) is 15.9 Å². The molecule has 1 unspecified atom stereocenters. The van der Waals surface area contributed by atoms with Gasteiger partial charge in [0.2, 0.25) is 0 Å². The molecule has 0 saturated heterocycles. The summed E-state index contributed by atoms with van der Waals surface area (Å²) in [6, 6.07) is 5.17. The summed E-state index contributed by atoms with van der Waals surface area (Å²) in [4.78, 5) is 0. The molecule has 1 atom stereocenters. The minimum absolute atomic E-state index is 0.0256. The summed E-state index contributed by atoms with van der Waals surface area (Å²) in [7, 11) is 0. The van der Waals surface area contributed by atoms with Crippen LogP contribution in [0.15, 0.2) is 22.7 Å². The first-order chi connectivity index (χ1) is 6.63. The first-order valence-electron chi connectivity index (χ1n) is 4.00. The molecule has 0 aliphatic rings. The quantitative estimate of drug-likeness (QED) is 0.885. The first-order valence-corrected chi connectivity index (χ1v) is 5.17. The lowest BCUT2D eigenvalue weighted by Gasteiger charge is -2.10. The summed E-state index contributed by atoms with van der Waals surface area (Å²) in [5.74, 6) is 0.488. The Morgan fingerprint density at radius 3 is 2.79 bits per heavy atom. The molecule has 5 heteroatoms. The van der Waals surface area contributed by atoms with Gasteiger partial charge < -0.3 is 14.9 Å². The molecule has 0 saturated carbocycles. The van der Waals surface area contributed by atoms with E-state index in [-0.39, 0.29) is 13.2 Å². The molecule has 3 nitrogen and oxygen atoms in total. The number of rotatable bonds is 4. The van der Waals surface area contributed by atoms with Gasteiger partial charge in [-0.05, 0) is 18.2 Å². The van der Waals surface area contributed by atoms with Crippen molar-refractivity contribution >= 4 is 27.5 Å². The van der Waals surface area contributed by atoms with E-state index in [4.69, 9.17) is 26.6 Å². The zero-order chi connectivity index (χ0) is 10.6. The van der Waals surface area contributed by atoms with Crippen molar-refractivity contribution in [1.82, 2.24) is 0 Å². The highest BCUT2D eigenvalue weighted by atomic mass is 79.9. The van der Waals surface area contributed by atoms with E-state index in [0.717, 1.165) is 4.47 Å². The normalized spacial score (nSPS) is 12.6. The molecule has 0 fully saturated rings. The maximum Gasteiger partial charge on any atom is 0.138 e. The SMILES string of the molecule is OCC(O)COc1ccc(Br)cc1Cl. The highest BCUT2D eigenvalue weighted by molar-refractivity contribution is 9.10. The third kappa shape index (κ3) is 3.46. The van der Waals surface area contributed by atoms with Gasteiger partial charge in [0.1, 0.15) is 18.5 Å². The van der Waals surface area contributed by atoms with Crippen molar-refractivity contribution in [1.29, 1.82) is 0 Å². The number of hydrogen-bond acceptors (Lipinski definition) is 3. The topological polar surface area (TPSA) is 49.7 Å². The lowest BCUT2D eigenvalue weighted by Crippen LogP contribution is -2.21. The van der Waals surface area contributed by atoms with Crippen molar-refractivity contribution in [2.75, 3.05) is 13.2 Å². The standard InChI is InChI=1S/C9H10BrClO3/c10-6-1-2-9(8(11)3-6)14-5-7(13)4-12/h1-3,7,12-13H,4-5H2. The smallest absolute Gasteiger partial charge is 0.138 e. The van der Waals surface area contributed by atoms with E-state index in [1.54, 1.807) is 18.2 Å². The van der Waals surface area contributed by atoms with Crippen molar-refractivity contribution in [3.8, 4) is 5.75 Å². The van der Waals surface area contributed by atoms with Gasteiger partial charge in [0.25, 0.3) is 0 Å². The Balaban J connectivity index is 2.59. The van der Waals surface area contributed by atoms with Gasteiger partial charge in [-0.3, -0.25) is 0 Å². The molecule has 1 rings (SSSR count).